The zero-order valence-electron chi connectivity index (χ0n) is 15.8. The van der Waals surface area contributed by atoms with Crippen LogP contribution in [-0.2, 0) is 13.6 Å². The summed E-state index contributed by atoms with van der Waals surface area (Å²) >= 11 is 0. The summed E-state index contributed by atoms with van der Waals surface area (Å²) in [6.45, 7) is 4.80. The number of hydrogen-bond donors (Lipinski definition) is 1. The topological polar surface area (TPSA) is 93.2 Å². The third kappa shape index (κ3) is 3.66. The van der Waals surface area contributed by atoms with Crippen LogP contribution in [0.15, 0.2) is 18.3 Å². The van der Waals surface area contributed by atoms with Crippen molar-refractivity contribution in [2.75, 3.05) is 31.1 Å². The van der Waals surface area contributed by atoms with Crippen molar-refractivity contribution >= 4 is 11.7 Å². The minimum Gasteiger partial charge on any atom is -0.365 e. The molecule has 0 radical (unpaired) electrons. The molecule has 0 unspecified atom stereocenters. The van der Waals surface area contributed by atoms with Gasteiger partial charge in [0.25, 0.3) is 5.91 Å². The van der Waals surface area contributed by atoms with Crippen molar-refractivity contribution in [2.24, 2.45) is 12.8 Å². The molecule has 1 atom stereocenters. The van der Waals surface area contributed by atoms with E-state index < -0.39 is 5.91 Å². The Morgan fingerprint density at radius 3 is 2.81 bits per heavy atom. The van der Waals surface area contributed by atoms with E-state index in [1.165, 1.54) is 12.8 Å². The van der Waals surface area contributed by atoms with Gasteiger partial charge in [0.1, 0.15) is 17.5 Å². The minimum atomic E-state index is -0.438. The lowest BCUT2D eigenvalue weighted by Gasteiger charge is -2.33. The first kappa shape index (κ1) is 17.9. The largest absolute Gasteiger partial charge is 0.365 e. The Balaban J connectivity index is 1.52. The molecule has 4 rings (SSSR count). The SMILES string of the molecule is Cn1c(CN2CCCC2)nnc1[C@H]1CCCN(c2ncccc2C(N)=O)C1. The summed E-state index contributed by atoms with van der Waals surface area (Å²) in [6, 6.07) is 3.49. The number of rotatable bonds is 5. The van der Waals surface area contributed by atoms with E-state index in [9.17, 15) is 4.79 Å². The number of hydrogen-bond acceptors (Lipinski definition) is 6. The van der Waals surface area contributed by atoms with Crippen molar-refractivity contribution < 1.29 is 4.79 Å². The van der Waals surface area contributed by atoms with Crippen LogP contribution in [0, 0.1) is 0 Å². The number of nitrogens with two attached hydrogens (primary N) is 1. The highest BCUT2D eigenvalue weighted by Crippen LogP contribution is 2.30. The van der Waals surface area contributed by atoms with Crippen LogP contribution in [0.5, 0.6) is 0 Å². The van der Waals surface area contributed by atoms with Gasteiger partial charge in [0, 0.05) is 32.3 Å². The van der Waals surface area contributed by atoms with Crippen molar-refractivity contribution in [2.45, 2.75) is 38.1 Å². The number of amides is 1. The number of pyridine rings is 1. The maximum absolute atomic E-state index is 11.8. The summed E-state index contributed by atoms with van der Waals surface area (Å²) in [7, 11) is 2.06. The second-order valence-corrected chi connectivity index (χ2v) is 7.54. The van der Waals surface area contributed by atoms with E-state index in [1.54, 1.807) is 18.3 Å². The van der Waals surface area contributed by atoms with Gasteiger partial charge in [0.2, 0.25) is 0 Å². The van der Waals surface area contributed by atoms with Crippen LogP contribution in [0.4, 0.5) is 5.82 Å². The molecule has 2 N–H and O–H groups in total. The van der Waals surface area contributed by atoms with Gasteiger partial charge >= 0.3 is 0 Å². The molecule has 4 heterocycles. The summed E-state index contributed by atoms with van der Waals surface area (Å²) in [4.78, 5) is 20.8. The molecule has 0 spiro atoms. The number of piperidine rings is 1. The lowest BCUT2D eigenvalue weighted by atomic mass is 9.96. The molecule has 0 saturated carbocycles. The standard InChI is InChI=1S/C19H27N7O/c1-24-16(13-25-9-2-3-10-25)22-23-18(24)14-6-5-11-26(12-14)19-15(17(20)27)7-4-8-21-19/h4,7-8,14H,2-3,5-6,9-13H2,1H3,(H2,20,27)/t14-/m0/s1. The van der Waals surface area contributed by atoms with Crippen LogP contribution in [0.1, 0.15) is 53.6 Å². The first-order valence-electron chi connectivity index (χ1n) is 9.74. The average Bonchev–Trinajstić information content (AvgIpc) is 3.33. The first-order chi connectivity index (χ1) is 13.1. The van der Waals surface area contributed by atoms with Crippen molar-refractivity contribution in [3.63, 3.8) is 0 Å². The Hall–Kier alpha value is -2.48. The van der Waals surface area contributed by atoms with Gasteiger partial charge in [-0.15, -0.1) is 10.2 Å². The van der Waals surface area contributed by atoms with Crippen molar-refractivity contribution in [3.05, 3.63) is 35.5 Å². The molecule has 8 heteroatoms. The molecular weight excluding hydrogens is 342 g/mol. The van der Waals surface area contributed by atoms with E-state index in [0.717, 1.165) is 57.2 Å². The van der Waals surface area contributed by atoms with Crippen LogP contribution >= 0.6 is 0 Å². The second-order valence-electron chi connectivity index (χ2n) is 7.54. The Morgan fingerprint density at radius 1 is 1.22 bits per heavy atom. The molecule has 0 aliphatic carbocycles. The minimum absolute atomic E-state index is 0.270. The van der Waals surface area contributed by atoms with Gasteiger partial charge in [-0.3, -0.25) is 9.69 Å². The van der Waals surface area contributed by atoms with Gasteiger partial charge in [0.15, 0.2) is 0 Å². The maximum atomic E-state index is 11.8. The van der Waals surface area contributed by atoms with Crippen molar-refractivity contribution in [3.8, 4) is 0 Å². The Bertz CT molecular complexity index is 812. The second kappa shape index (κ2) is 7.64. The van der Waals surface area contributed by atoms with Gasteiger partial charge < -0.3 is 15.2 Å². The van der Waals surface area contributed by atoms with Crippen LogP contribution in [-0.4, -0.2) is 56.7 Å². The smallest absolute Gasteiger partial charge is 0.252 e. The van der Waals surface area contributed by atoms with Gasteiger partial charge in [-0.05, 0) is 50.9 Å². The Labute approximate surface area is 159 Å². The molecule has 27 heavy (non-hydrogen) atoms. The highest BCUT2D eigenvalue weighted by molar-refractivity contribution is 5.97. The van der Waals surface area contributed by atoms with E-state index >= 15 is 0 Å². The first-order valence-corrected chi connectivity index (χ1v) is 9.74. The Kier molecular flexibility index (Phi) is 5.07. The van der Waals surface area contributed by atoms with Crippen LogP contribution in [0.3, 0.4) is 0 Å². The summed E-state index contributed by atoms with van der Waals surface area (Å²) in [5.74, 6) is 2.55. The molecule has 0 bridgehead atoms. The molecule has 2 fully saturated rings. The van der Waals surface area contributed by atoms with E-state index in [2.05, 4.69) is 36.6 Å². The number of likely N-dealkylation sites (tertiary alicyclic amines) is 1. The number of aromatic nitrogens is 4. The third-order valence-corrected chi connectivity index (χ3v) is 5.70. The number of primary amides is 1. The molecule has 144 valence electrons. The van der Waals surface area contributed by atoms with Crippen molar-refractivity contribution in [1.29, 1.82) is 0 Å². The third-order valence-electron chi connectivity index (χ3n) is 5.70. The lowest BCUT2D eigenvalue weighted by Crippen LogP contribution is -2.37. The number of anilines is 1. The van der Waals surface area contributed by atoms with Crippen LogP contribution in [0.25, 0.3) is 0 Å². The zero-order chi connectivity index (χ0) is 18.8. The quantitative estimate of drug-likeness (QED) is 0.854. The van der Waals surface area contributed by atoms with Crippen LogP contribution < -0.4 is 10.6 Å². The highest BCUT2D eigenvalue weighted by atomic mass is 16.1. The summed E-state index contributed by atoms with van der Waals surface area (Å²) in [5, 5.41) is 8.98. The molecule has 0 aromatic carbocycles. The van der Waals surface area contributed by atoms with Gasteiger partial charge in [0.05, 0.1) is 12.1 Å². The molecule has 2 aliphatic heterocycles. The molecule has 8 nitrogen and oxygen atoms in total. The van der Waals surface area contributed by atoms with E-state index in [4.69, 9.17) is 5.73 Å². The summed E-state index contributed by atoms with van der Waals surface area (Å²) < 4.78 is 2.15. The molecule has 2 aliphatic rings. The number of nitrogens with zero attached hydrogens (tertiary/aromatic N) is 6. The fourth-order valence-electron chi connectivity index (χ4n) is 4.23. The van der Waals surface area contributed by atoms with Gasteiger partial charge in [-0.2, -0.15) is 0 Å². The zero-order valence-corrected chi connectivity index (χ0v) is 15.8. The van der Waals surface area contributed by atoms with Gasteiger partial charge in [-0.1, -0.05) is 0 Å². The molecule has 2 aromatic rings. The van der Waals surface area contributed by atoms with Crippen molar-refractivity contribution in [1.82, 2.24) is 24.6 Å². The summed E-state index contributed by atoms with van der Waals surface area (Å²) in [5.41, 5.74) is 6.01. The average molecular weight is 369 g/mol. The predicted molar refractivity (Wildman–Crippen MR) is 102 cm³/mol. The Morgan fingerprint density at radius 2 is 2.04 bits per heavy atom. The maximum Gasteiger partial charge on any atom is 0.252 e. The number of carbonyl (C=O) groups excluding carboxylic acids is 1. The fourth-order valence-corrected chi connectivity index (χ4v) is 4.23. The number of carbonyl (C=O) groups is 1. The van der Waals surface area contributed by atoms with E-state index in [0.29, 0.717) is 11.4 Å². The fraction of sp³-hybridized carbons (Fsp3) is 0.579. The lowest BCUT2D eigenvalue weighted by molar-refractivity contribution is 0.100. The molecular formula is C19H27N7O. The predicted octanol–water partition coefficient (Wildman–Crippen LogP) is 1.29. The van der Waals surface area contributed by atoms with Crippen LogP contribution in [0.2, 0.25) is 0 Å². The normalized spacial score (nSPS) is 20.9. The van der Waals surface area contributed by atoms with Gasteiger partial charge in [-0.25, -0.2) is 4.98 Å². The monoisotopic (exact) mass is 369 g/mol. The van der Waals surface area contributed by atoms with E-state index in [-0.39, 0.29) is 5.92 Å². The molecule has 1 amide bonds. The highest BCUT2D eigenvalue weighted by Gasteiger charge is 2.28. The van der Waals surface area contributed by atoms with E-state index in [1.807, 2.05) is 0 Å². The molecule has 2 aromatic heterocycles. The molecule has 2 saturated heterocycles. The summed E-state index contributed by atoms with van der Waals surface area (Å²) in [6.07, 6.45) is 6.34.